The summed E-state index contributed by atoms with van der Waals surface area (Å²) in [6.45, 7) is 30.7. The Morgan fingerprint density at radius 3 is 1.57 bits per heavy atom. The van der Waals surface area contributed by atoms with Gasteiger partial charge in [0.05, 0.1) is 52.8 Å². The van der Waals surface area contributed by atoms with Gasteiger partial charge in [0.25, 0.3) is 11.4 Å². The lowest BCUT2D eigenvalue weighted by Crippen LogP contribution is -2.28. The molecule has 0 atom stereocenters. The number of ketones is 3. The van der Waals surface area contributed by atoms with E-state index >= 15 is 0 Å². The number of carbonyl (C=O) groups excluding carboxylic acids is 4. The third kappa shape index (κ3) is 11.2. The second-order valence-electron chi connectivity index (χ2n) is 20.5. The molecule has 0 saturated carbocycles. The Labute approximate surface area is 450 Å². The van der Waals surface area contributed by atoms with Gasteiger partial charge < -0.3 is 4.74 Å². The van der Waals surface area contributed by atoms with Crippen molar-refractivity contribution in [2.75, 3.05) is 6.61 Å². The van der Waals surface area contributed by atoms with Crippen LogP contribution in [0.25, 0.3) is 36.2 Å². The molecule has 1 heterocycles. The summed E-state index contributed by atoms with van der Waals surface area (Å²) in [6.07, 6.45) is 8.04. The molecule has 77 heavy (non-hydrogen) atoms. The Kier molecular flexibility index (Phi) is 16.3. The van der Waals surface area contributed by atoms with E-state index in [0.29, 0.717) is 62.3 Å². The predicted octanol–water partition coefficient (Wildman–Crippen LogP) is 14.2. The van der Waals surface area contributed by atoms with Crippen molar-refractivity contribution in [2.24, 2.45) is 10.8 Å². The van der Waals surface area contributed by atoms with Crippen molar-refractivity contribution in [1.82, 2.24) is 0 Å². The van der Waals surface area contributed by atoms with Gasteiger partial charge in [0, 0.05) is 33.4 Å². The number of hydrogen-bond acceptors (Lipinski definition) is 9. The Bertz CT molecular complexity index is 3730. The number of Topliss-reactive ketones (excluding diaryl/α,β-unsaturated/α-hetero) is 3. The molecule has 11 nitrogen and oxygen atoms in total. The highest BCUT2D eigenvalue weighted by Gasteiger charge is 2.39. The molecule has 0 fully saturated rings. The van der Waals surface area contributed by atoms with Crippen molar-refractivity contribution in [1.29, 1.82) is 10.5 Å². The monoisotopic (exact) mass is 1030 g/mol. The quantitative estimate of drug-likeness (QED) is 0.0394. The Morgan fingerprint density at radius 2 is 1.08 bits per heavy atom. The van der Waals surface area contributed by atoms with Gasteiger partial charge in [-0.25, -0.2) is 33.4 Å². The van der Waals surface area contributed by atoms with E-state index in [1.165, 1.54) is 12.2 Å². The van der Waals surface area contributed by atoms with Crippen molar-refractivity contribution in [3.63, 3.8) is 0 Å². The van der Waals surface area contributed by atoms with Crippen molar-refractivity contribution >= 4 is 48.5 Å². The molecular formula is C65H54N4O7S. The van der Waals surface area contributed by atoms with Crippen molar-refractivity contribution < 1.29 is 32.3 Å². The van der Waals surface area contributed by atoms with Gasteiger partial charge in [-0.05, 0) is 93.5 Å². The second kappa shape index (κ2) is 22.6. The number of sulfone groups is 1. The molecule has 0 saturated heterocycles. The van der Waals surface area contributed by atoms with E-state index in [1.54, 1.807) is 91.0 Å². The number of ether oxygens (including phenoxy) is 1. The van der Waals surface area contributed by atoms with Crippen LogP contribution in [0.2, 0.25) is 0 Å². The number of benzene rings is 5. The van der Waals surface area contributed by atoms with E-state index in [0.717, 1.165) is 40.7 Å². The molecule has 0 bridgehead atoms. The number of allylic oxidation sites excluding steroid dienone is 11. The predicted molar refractivity (Wildman–Crippen MR) is 299 cm³/mol. The van der Waals surface area contributed by atoms with E-state index in [-0.39, 0.29) is 60.9 Å². The zero-order valence-electron chi connectivity index (χ0n) is 44.0. The Hall–Kier alpha value is -9.33. The van der Waals surface area contributed by atoms with Gasteiger partial charge >= 0.3 is 5.97 Å². The zero-order valence-corrected chi connectivity index (χ0v) is 44.8. The average Bonchev–Trinajstić information content (AvgIpc) is 3.87. The summed E-state index contributed by atoms with van der Waals surface area (Å²) in [5, 5.41) is 18.6. The number of fused-ring (bicyclic) bond motifs is 4. The Morgan fingerprint density at radius 1 is 0.597 bits per heavy atom. The van der Waals surface area contributed by atoms with E-state index in [9.17, 15) is 38.1 Å². The lowest BCUT2D eigenvalue weighted by molar-refractivity contribution is -0.114. The molecule has 9 rings (SSSR count). The molecule has 4 aliphatic rings. The summed E-state index contributed by atoms with van der Waals surface area (Å²) in [6, 6.07) is 39.4. The van der Waals surface area contributed by atoms with Crippen LogP contribution >= 0.6 is 0 Å². The molecule has 0 N–H and O–H groups in total. The fourth-order valence-corrected chi connectivity index (χ4v) is 10.8. The van der Waals surface area contributed by atoms with Crippen molar-refractivity contribution in [2.45, 2.75) is 68.2 Å². The third-order valence-electron chi connectivity index (χ3n) is 13.1. The van der Waals surface area contributed by atoms with Crippen LogP contribution in [0.5, 0.6) is 0 Å². The van der Waals surface area contributed by atoms with E-state index < -0.39 is 9.84 Å². The SMILES string of the molecule is CC(C)(C)C1=CC(=C2C(=O)c3ccccc3C2=O)C=C(C(C)(C)C)C1=O.[C-]#[N+]/C(C#N)=C1/C=C(c2ccccc2)S(=O)(=O)C(c2ccc(C)cc2)=C1.[C-]#[N+]/C(C#N)=C1\c2ccccc2-c2c(C(=O)OCCCC)cccc21. The molecule has 12 heteroatoms. The molecule has 0 aromatic heterocycles. The average molecular weight is 1040 g/mol. The fraction of sp³-hybridized carbons (Fsp3) is 0.200. The molecule has 3 aliphatic carbocycles. The van der Waals surface area contributed by atoms with Crippen molar-refractivity contribution in [3.05, 3.63) is 252 Å². The molecule has 5 aromatic carbocycles. The van der Waals surface area contributed by atoms with Crippen LogP contribution in [0.1, 0.15) is 120 Å². The number of rotatable bonds is 6. The lowest BCUT2D eigenvalue weighted by Gasteiger charge is -2.31. The summed E-state index contributed by atoms with van der Waals surface area (Å²) in [4.78, 5) is 58.1. The van der Waals surface area contributed by atoms with Gasteiger partial charge in [0.2, 0.25) is 9.84 Å². The summed E-state index contributed by atoms with van der Waals surface area (Å²) in [5.74, 6) is -0.902. The van der Waals surface area contributed by atoms with Crippen LogP contribution < -0.4 is 0 Å². The smallest absolute Gasteiger partial charge is 0.338 e. The maximum absolute atomic E-state index is 13.2. The number of nitriles is 2. The summed E-state index contributed by atoms with van der Waals surface area (Å²) in [7, 11) is -3.79. The number of carbonyl (C=O) groups is 4. The van der Waals surface area contributed by atoms with Crippen LogP contribution in [0.3, 0.4) is 0 Å². The van der Waals surface area contributed by atoms with Gasteiger partial charge in [-0.15, -0.1) is 0 Å². The van der Waals surface area contributed by atoms with E-state index in [2.05, 4.69) is 9.69 Å². The molecule has 0 amide bonds. The van der Waals surface area contributed by atoms with Gasteiger partial charge in [0.1, 0.15) is 0 Å². The van der Waals surface area contributed by atoms with E-state index in [4.69, 9.17) is 17.9 Å². The van der Waals surface area contributed by atoms with Crippen LogP contribution in [-0.2, 0) is 19.4 Å². The zero-order chi connectivity index (χ0) is 56.0. The molecule has 1 aliphatic heterocycles. The minimum atomic E-state index is -3.79. The van der Waals surface area contributed by atoms with Crippen LogP contribution in [0, 0.1) is 53.6 Å². The molecular weight excluding hydrogens is 981 g/mol. The number of aryl methyl sites for hydroxylation is 1. The maximum Gasteiger partial charge on any atom is 0.338 e. The highest BCUT2D eigenvalue weighted by molar-refractivity contribution is 8.09. The number of esters is 1. The minimum absolute atomic E-state index is 0.00948. The summed E-state index contributed by atoms with van der Waals surface area (Å²) >= 11 is 0. The van der Waals surface area contributed by atoms with Gasteiger partial charge in [-0.3, -0.25) is 14.4 Å². The van der Waals surface area contributed by atoms with Gasteiger partial charge in [-0.1, -0.05) is 176 Å². The largest absolute Gasteiger partial charge is 0.462 e. The van der Waals surface area contributed by atoms with E-state index in [1.807, 2.05) is 110 Å². The molecule has 0 unspecified atom stereocenters. The van der Waals surface area contributed by atoms with Crippen LogP contribution in [-0.4, -0.2) is 38.3 Å². The van der Waals surface area contributed by atoms with Gasteiger partial charge in [-0.2, -0.15) is 0 Å². The standard InChI is InChI=1S/C23H24O3.C21H14N2O2S.C21H16N2O2/c1-22(2,3)16-11-13(12-17(21(16)26)23(4,5)6)18-19(24)14-9-7-8-10-15(14)20(18)25;1-15-8-10-17(11-9-15)21-13-18(19(14-22)23-2)12-20(26(21,24)25)16-6-4-3-5-7-16;1-3-4-12-25-21(24)17-11-7-10-16-19(17)14-8-5-6-9-15(14)20(16)18(13-22)23-2/h7-12H,1-6H3;3-13H,1H3;5-11H,3-4,12H2,1H3/b;19-18-;20-18+. The summed E-state index contributed by atoms with van der Waals surface area (Å²) < 4.78 is 31.8. The first-order valence-electron chi connectivity index (χ1n) is 24.8. The number of hydrogen-bond donors (Lipinski definition) is 0. The minimum Gasteiger partial charge on any atom is -0.462 e. The molecule has 5 aromatic rings. The van der Waals surface area contributed by atoms with Crippen LogP contribution in [0.4, 0.5) is 0 Å². The van der Waals surface area contributed by atoms with Crippen molar-refractivity contribution in [3.8, 4) is 23.3 Å². The number of nitrogens with zero attached hydrogens (tertiary/aromatic N) is 4. The maximum atomic E-state index is 13.2. The third-order valence-corrected chi connectivity index (χ3v) is 15.0. The highest BCUT2D eigenvalue weighted by Crippen LogP contribution is 2.48. The second-order valence-corrected chi connectivity index (χ2v) is 22.4. The topological polar surface area (TPSA) is 168 Å². The van der Waals surface area contributed by atoms with Gasteiger partial charge in [0.15, 0.2) is 17.3 Å². The van der Waals surface area contributed by atoms with Crippen LogP contribution in [0.15, 0.2) is 185 Å². The Balaban J connectivity index is 0.000000168. The molecule has 0 radical (unpaired) electrons. The first kappa shape index (κ1) is 55.4. The normalized spacial score (nSPS) is 16.3. The fourth-order valence-electron chi connectivity index (χ4n) is 9.15. The number of unbranched alkanes of at least 4 members (excludes halogenated alkanes) is 1. The molecule has 382 valence electrons. The first-order valence-corrected chi connectivity index (χ1v) is 26.3. The lowest BCUT2D eigenvalue weighted by atomic mass is 9.71. The molecule has 0 spiro atoms. The highest BCUT2D eigenvalue weighted by atomic mass is 32.2. The first-order chi connectivity index (χ1) is 36.6. The summed E-state index contributed by atoms with van der Waals surface area (Å²) in [5.41, 5.74) is 8.52.